The number of hydrogen-bond acceptors (Lipinski definition) is 3. The molecule has 1 aliphatic heterocycles. The Morgan fingerprint density at radius 2 is 2.19 bits per heavy atom. The van der Waals surface area contributed by atoms with Crippen molar-refractivity contribution < 1.29 is 9.13 Å². The highest BCUT2D eigenvalue weighted by Crippen LogP contribution is 2.21. The number of benzene rings is 1. The number of aromatic nitrogens is 2. The van der Waals surface area contributed by atoms with E-state index >= 15 is 0 Å². The van der Waals surface area contributed by atoms with Crippen LogP contribution in [0.2, 0.25) is 0 Å². The van der Waals surface area contributed by atoms with Gasteiger partial charge in [-0.1, -0.05) is 0 Å². The summed E-state index contributed by atoms with van der Waals surface area (Å²) in [6.07, 6.45) is 4.20. The number of hydrogen-bond donors (Lipinski definition) is 2. The lowest BCUT2D eigenvalue weighted by atomic mass is 10.0. The molecular formula is C16H20FN3O. The van der Waals surface area contributed by atoms with Crippen molar-refractivity contribution >= 4 is 0 Å². The number of ether oxygens (including phenoxy) is 1. The van der Waals surface area contributed by atoms with Crippen molar-refractivity contribution in [2.24, 2.45) is 5.92 Å². The molecule has 3 rings (SSSR count). The van der Waals surface area contributed by atoms with Crippen molar-refractivity contribution in [3.05, 3.63) is 41.8 Å². The van der Waals surface area contributed by atoms with Crippen molar-refractivity contribution in [2.45, 2.75) is 19.4 Å². The molecule has 1 aromatic carbocycles. The molecule has 1 unspecified atom stereocenters. The molecule has 2 aromatic rings. The van der Waals surface area contributed by atoms with Crippen LogP contribution in [0.15, 0.2) is 30.5 Å². The first-order valence-corrected chi connectivity index (χ1v) is 7.39. The summed E-state index contributed by atoms with van der Waals surface area (Å²) in [6.45, 7) is 3.45. The average Bonchev–Trinajstić information content (AvgIpc) is 2.98. The smallest absolute Gasteiger partial charge is 0.123 e. The number of aromatic amines is 1. The van der Waals surface area contributed by atoms with Crippen molar-refractivity contribution in [3.63, 3.8) is 0 Å². The molecule has 112 valence electrons. The molecule has 0 radical (unpaired) electrons. The molecule has 1 aliphatic rings. The monoisotopic (exact) mass is 289 g/mol. The second-order valence-corrected chi connectivity index (χ2v) is 5.49. The second kappa shape index (κ2) is 6.83. The zero-order chi connectivity index (χ0) is 14.5. The van der Waals surface area contributed by atoms with Crippen LogP contribution in [-0.2, 0) is 11.3 Å². The fourth-order valence-corrected chi connectivity index (χ4v) is 2.69. The maximum Gasteiger partial charge on any atom is 0.123 e. The number of nitrogens with one attached hydrogen (secondary N) is 2. The Bertz CT molecular complexity index is 561. The van der Waals surface area contributed by atoms with Crippen LogP contribution in [0.4, 0.5) is 4.39 Å². The van der Waals surface area contributed by atoms with Gasteiger partial charge in [0.05, 0.1) is 18.5 Å². The van der Waals surface area contributed by atoms with Crippen molar-refractivity contribution in [2.75, 3.05) is 19.8 Å². The van der Waals surface area contributed by atoms with E-state index < -0.39 is 0 Å². The van der Waals surface area contributed by atoms with E-state index in [9.17, 15) is 4.39 Å². The quantitative estimate of drug-likeness (QED) is 0.890. The molecule has 1 aromatic heterocycles. The van der Waals surface area contributed by atoms with Crippen LogP contribution in [0.1, 0.15) is 18.4 Å². The third kappa shape index (κ3) is 3.68. The van der Waals surface area contributed by atoms with E-state index in [1.54, 1.807) is 12.1 Å². The van der Waals surface area contributed by atoms with E-state index in [4.69, 9.17) is 4.74 Å². The first-order chi connectivity index (χ1) is 10.3. The van der Waals surface area contributed by atoms with Crippen LogP contribution in [0.3, 0.4) is 0 Å². The first-order valence-electron chi connectivity index (χ1n) is 7.39. The molecule has 2 N–H and O–H groups in total. The summed E-state index contributed by atoms with van der Waals surface area (Å²) < 4.78 is 18.5. The lowest BCUT2D eigenvalue weighted by molar-refractivity contribution is 0.0547. The molecular weight excluding hydrogens is 269 g/mol. The Morgan fingerprint density at radius 1 is 1.33 bits per heavy atom. The number of rotatable bonds is 5. The van der Waals surface area contributed by atoms with Crippen molar-refractivity contribution in [1.82, 2.24) is 15.5 Å². The average molecular weight is 289 g/mol. The molecule has 1 fully saturated rings. The summed E-state index contributed by atoms with van der Waals surface area (Å²) >= 11 is 0. The Kier molecular flexibility index (Phi) is 4.62. The normalized spacial score (nSPS) is 18.8. The summed E-state index contributed by atoms with van der Waals surface area (Å²) in [5, 5.41) is 10.6. The van der Waals surface area contributed by atoms with Crippen LogP contribution in [0, 0.1) is 11.7 Å². The summed E-state index contributed by atoms with van der Waals surface area (Å²) in [5.74, 6) is 0.371. The Balaban J connectivity index is 1.59. The van der Waals surface area contributed by atoms with Gasteiger partial charge in [0.1, 0.15) is 5.82 Å². The van der Waals surface area contributed by atoms with Crippen LogP contribution < -0.4 is 5.32 Å². The number of H-pyrrole nitrogens is 1. The molecule has 0 bridgehead atoms. The Hall–Kier alpha value is -1.72. The molecule has 5 heteroatoms. The van der Waals surface area contributed by atoms with E-state index in [0.717, 1.165) is 49.5 Å². The lowest BCUT2D eigenvalue weighted by Crippen LogP contribution is -2.28. The predicted octanol–water partition coefficient (Wildman–Crippen LogP) is 2.73. The highest BCUT2D eigenvalue weighted by Gasteiger charge is 2.14. The van der Waals surface area contributed by atoms with E-state index in [1.165, 1.54) is 18.6 Å². The van der Waals surface area contributed by atoms with E-state index in [-0.39, 0.29) is 5.82 Å². The topological polar surface area (TPSA) is 49.9 Å². The van der Waals surface area contributed by atoms with Crippen molar-refractivity contribution in [1.29, 1.82) is 0 Å². The van der Waals surface area contributed by atoms with Gasteiger partial charge in [-0.3, -0.25) is 5.10 Å². The highest BCUT2D eigenvalue weighted by atomic mass is 19.1. The van der Waals surface area contributed by atoms with E-state index in [1.807, 2.05) is 6.20 Å². The van der Waals surface area contributed by atoms with E-state index in [2.05, 4.69) is 15.5 Å². The fraction of sp³-hybridized carbons (Fsp3) is 0.438. The highest BCUT2D eigenvalue weighted by molar-refractivity contribution is 5.62. The Morgan fingerprint density at radius 3 is 2.95 bits per heavy atom. The standard InChI is InChI=1S/C16H20FN3O/c17-15-5-3-13(4-6-15)16-14(10-19-20-16)9-18-8-12-2-1-7-21-11-12/h3-6,10,12,18H,1-2,7-9,11H2,(H,19,20). The lowest BCUT2D eigenvalue weighted by Gasteiger charge is -2.22. The van der Waals surface area contributed by atoms with Crippen LogP contribution in [0.5, 0.6) is 0 Å². The molecule has 1 saturated heterocycles. The molecule has 4 nitrogen and oxygen atoms in total. The first kappa shape index (κ1) is 14.2. The SMILES string of the molecule is Fc1ccc(-c2[nH]ncc2CNCC2CCCOC2)cc1. The Labute approximate surface area is 123 Å². The summed E-state index contributed by atoms with van der Waals surface area (Å²) in [5.41, 5.74) is 2.99. The third-order valence-corrected chi connectivity index (χ3v) is 3.85. The van der Waals surface area contributed by atoms with Gasteiger partial charge in [0, 0.05) is 30.8 Å². The maximum atomic E-state index is 13.0. The van der Waals surface area contributed by atoms with Gasteiger partial charge in [-0.15, -0.1) is 0 Å². The van der Waals surface area contributed by atoms with Gasteiger partial charge >= 0.3 is 0 Å². The van der Waals surface area contributed by atoms with Gasteiger partial charge in [0.25, 0.3) is 0 Å². The third-order valence-electron chi connectivity index (χ3n) is 3.85. The van der Waals surface area contributed by atoms with Gasteiger partial charge in [-0.2, -0.15) is 5.10 Å². The minimum absolute atomic E-state index is 0.227. The van der Waals surface area contributed by atoms with Gasteiger partial charge < -0.3 is 10.1 Å². The molecule has 0 amide bonds. The number of halogens is 1. The molecule has 0 aliphatic carbocycles. The summed E-state index contributed by atoms with van der Waals surface area (Å²) in [7, 11) is 0. The zero-order valence-corrected chi connectivity index (χ0v) is 11.9. The van der Waals surface area contributed by atoms with Crippen LogP contribution in [-0.4, -0.2) is 30.0 Å². The van der Waals surface area contributed by atoms with Crippen LogP contribution >= 0.6 is 0 Å². The molecule has 0 saturated carbocycles. The van der Waals surface area contributed by atoms with Gasteiger partial charge in [-0.25, -0.2) is 4.39 Å². The van der Waals surface area contributed by atoms with Gasteiger partial charge in [0.15, 0.2) is 0 Å². The second-order valence-electron chi connectivity index (χ2n) is 5.49. The molecule has 21 heavy (non-hydrogen) atoms. The number of nitrogens with zero attached hydrogens (tertiary/aromatic N) is 1. The van der Waals surface area contributed by atoms with Crippen molar-refractivity contribution in [3.8, 4) is 11.3 Å². The molecule has 0 spiro atoms. The minimum Gasteiger partial charge on any atom is -0.381 e. The fourth-order valence-electron chi connectivity index (χ4n) is 2.69. The zero-order valence-electron chi connectivity index (χ0n) is 11.9. The largest absolute Gasteiger partial charge is 0.381 e. The summed E-state index contributed by atoms with van der Waals surface area (Å²) in [4.78, 5) is 0. The van der Waals surface area contributed by atoms with Gasteiger partial charge in [0.2, 0.25) is 0 Å². The van der Waals surface area contributed by atoms with E-state index in [0.29, 0.717) is 5.92 Å². The van der Waals surface area contributed by atoms with Gasteiger partial charge in [-0.05, 0) is 43.0 Å². The molecule has 1 atom stereocenters. The summed E-state index contributed by atoms with van der Waals surface area (Å²) in [6, 6.07) is 6.46. The predicted molar refractivity (Wildman–Crippen MR) is 79.2 cm³/mol. The maximum absolute atomic E-state index is 13.0. The van der Waals surface area contributed by atoms with Crippen LogP contribution in [0.25, 0.3) is 11.3 Å². The molecule has 2 heterocycles. The minimum atomic E-state index is -0.227.